The molecule has 0 aliphatic heterocycles. The van der Waals surface area contributed by atoms with E-state index in [1.54, 1.807) is 13.8 Å². The first-order valence-electron chi connectivity index (χ1n) is 10.6. The van der Waals surface area contributed by atoms with Crippen LogP contribution in [0.4, 0.5) is 0 Å². The number of aliphatic hydroxyl groups excluding tert-OH is 1. The molecule has 174 valence electrons. The largest absolute Gasteiger partial charge is 0.391 e. The highest BCUT2D eigenvalue weighted by molar-refractivity contribution is 5.94. The van der Waals surface area contributed by atoms with E-state index in [0.29, 0.717) is 0 Å². The van der Waals surface area contributed by atoms with Gasteiger partial charge in [0.2, 0.25) is 11.8 Å². The zero-order valence-electron chi connectivity index (χ0n) is 18.5. The molecule has 0 aliphatic carbocycles. The van der Waals surface area contributed by atoms with Crippen LogP contribution in [-0.4, -0.2) is 60.1 Å². The summed E-state index contributed by atoms with van der Waals surface area (Å²) in [6, 6.07) is 7.29. The van der Waals surface area contributed by atoms with Gasteiger partial charge in [0.05, 0.1) is 18.8 Å². The van der Waals surface area contributed by atoms with Gasteiger partial charge in [0.1, 0.15) is 12.1 Å². The standard InChI is InChI=1S/C22H36N4O5/c1-14(2)20(28)17(9-11-23)25-22(30)19(15(3)27)26-21(29)18(10-12-24)31-13-16-7-5-4-6-8-16/h4-8,14-15,17-19,27H,9-13,23-24H2,1-3H3,(H,25,30)(H,26,29)/t15-,17-,18-,19-/m0/s1. The second kappa shape index (κ2) is 13.9. The Kier molecular flexibility index (Phi) is 11.9. The van der Waals surface area contributed by atoms with Crippen molar-refractivity contribution in [1.29, 1.82) is 0 Å². The second-order valence-corrected chi connectivity index (χ2v) is 7.79. The lowest BCUT2D eigenvalue weighted by Gasteiger charge is -2.26. The van der Waals surface area contributed by atoms with E-state index in [1.165, 1.54) is 6.92 Å². The van der Waals surface area contributed by atoms with Crippen molar-refractivity contribution in [2.45, 2.75) is 64.5 Å². The number of carbonyl (C=O) groups is 3. The third kappa shape index (κ3) is 9.14. The van der Waals surface area contributed by atoms with Gasteiger partial charge in [-0.1, -0.05) is 44.2 Å². The van der Waals surface area contributed by atoms with Crippen molar-refractivity contribution in [3.05, 3.63) is 35.9 Å². The maximum absolute atomic E-state index is 12.8. The number of ketones is 1. The fourth-order valence-electron chi connectivity index (χ4n) is 2.98. The molecule has 2 amide bonds. The minimum atomic E-state index is -1.26. The van der Waals surface area contributed by atoms with Crippen LogP contribution in [0.25, 0.3) is 0 Å². The van der Waals surface area contributed by atoms with Crippen molar-refractivity contribution in [1.82, 2.24) is 10.6 Å². The van der Waals surface area contributed by atoms with Crippen molar-refractivity contribution in [3.63, 3.8) is 0 Å². The molecule has 0 saturated heterocycles. The molecule has 1 aromatic rings. The summed E-state index contributed by atoms with van der Waals surface area (Å²) in [5.74, 6) is -1.68. The van der Waals surface area contributed by atoms with Crippen molar-refractivity contribution < 1.29 is 24.2 Å². The van der Waals surface area contributed by atoms with Gasteiger partial charge < -0.3 is 31.9 Å². The molecule has 0 bridgehead atoms. The van der Waals surface area contributed by atoms with Crippen LogP contribution in [0.5, 0.6) is 0 Å². The number of Topliss-reactive ketones (excluding diaryl/α,β-unsaturated/α-hetero) is 1. The fourth-order valence-corrected chi connectivity index (χ4v) is 2.98. The van der Waals surface area contributed by atoms with Gasteiger partial charge in [-0.05, 0) is 38.4 Å². The molecular formula is C22H36N4O5. The summed E-state index contributed by atoms with van der Waals surface area (Å²) in [4.78, 5) is 37.8. The lowest BCUT2D eigenvalue weighted by atomic mass is 9.98. The van der Waals surface area contributed by atoms with Gasteiger partial charge in [-0.3, -0.25) is 14.4 Å². The van der Waals surface area contributed by atoms with Gasteiger partial charge in [0.25, 0.3) is 0 Å². The van der Waals surface area contributed by atoms with Crippen molar-refractivity contribution in [2.75, 3.05) is 13.1 Å². The van der Waals surface area contributed by atoms with Crippen LogP contribution in [0.1, 0.15) is 39.2 Å². The molecule has 9 nitrogen and oxygen atoms in total. The van der Waals surface area contributed by atoms with Gasteiger partial charge in [0.15, 0.2) is 5.78 Å². The summed E-state index contributed by atoms with van der Waals surface area (Å²) < 4.78 is 5.70. The van der Waals surface area contributed by atoms with Crippen LogP contribution in [-0.2, 0) is 25.7 Å². The van der Waals surface area contributed by atoms with E-state index in [-0.39, 0.29) is 44.2 Å². The van der Waals surface area contributed by atoms with E-state index in [0.717, 1.165) is 5.56 Å². The van der Waals surface area contributed by atoms with Crippen LogP contribution in [0, 0.1) is 5.92 Å². The van der Waals surface area contributed by atoms with E-state index in [1.807, 2.05) is 30.3 Å². The fraction of sp³-hybridized carbons (Fsp3) is 0.591. The summed E-state index contributed by atoms with van der Waals surface area (Å²) in [6.45, 7) is 5.46. The third-order valence-electron chi connectivity index (χ3n) is 4.76. The summed E-state index contributed by atoms with van der Waals surface area (Å²) in [6.07, 6.45) is -1.58. The van der Waals surface area contributed by atoms with E-state index in [4.69, 9.17) is 16.2 Å². The monoisotopic (exact) mass is 436 g/mol. The van der Waals surface area contributed by atoms with Gasteiger partial charge in [0, 0.05) is 5.92 Å². The molecule has 7 N–H and O–H groups in total. The van der Waals surface area contributed by atoms with Crippen molar-refractivity contribution in [3.8, 4) is 0 Å². The molecule has 31 heavy (non-hydrogen) atoms. The Balaban J connectivity index is 2.83. The lowest BCUT2D eigenvalue weighted by Crippen LogP contribution is -2.58. The maximum Gasteiger partial charge on any atom is 0.249 e. The zero-order chi connectivity index (χ0) is 23.4. The Bertz CT molecular complexity index is 696. The second-order valence-electron chi connectivity index (χ2n) is 7.79. The Morgan fingerprint density at radius 3 is 2.10 bits per heavy atom. The molecule has 0 radical (unpaired) electrons. The van der Waals surface area contributed by atoms with Crippen LogP contribution in [0.2, 0.25) is 0 Å². The molecule has 0 aliphatic rings. The molecule has 9 heteroatoms. The van der Waals surface area contributed by atoms with E-state index >= 15 is 0 Å². The predicted molar refractivity (Wildman–Crippen MR) is 118 cm³/mol. The minimum Gasteiger partial charge on any atom is -0.391 e. The number of nitrogens with one attached hydrogen (secondary N) is 2. The molecule has 0 spiro atoms. The summed E-state index contributed by atoms with van der Waals surface area (Å²) in [5.41, 5.74) is 12.1. The third-order valence-corrected chi connectivity index (χ3v) is 4.76. The first kappa shape index (κ1) is 26.7. The van der Waals surface area contributed by atoms with Crippen molar-refractivity contribution in [2.24, 2.45) is 17.4 Å². The zero-order valence-corrected chi connectivity index (χ0v) is 18.5. The Labute approximate surface area is 183 Å². The molecule has 0 aromatic heterocycles. The number of ether oxygens (including phenoxy) is 1. The number of carbonyl (C=O) groups excluding carboxylic acids is 3. The number of amides is 2. The highest BCUT2D eigenvalue weighted by Crippen LogP contribution is 2.08. The summed E-state index contributed by atoms with van der Waals surface area (Å²) in [7, 11) is 0. The first-order chi connectivity index (χ1) is 14.7. The average molecular weight is 437 g/mol. The van der Waals surface area contributed by atoms with E-state index in [9.17, 15) is 19.5 Å². The molecular weight excluding hydrogens is 400 g/mol. The maximum atomic E-state index is 12.8. The lowest BCUT2D eigenvalue weighted by molar-refractivity contribution is -0.140. The average Bonchev–Trinajstić information content (AvgIpc) is 2.74. The molecule has 4 atom stereocenters. The molecule has 1 aromatic carbocycles. The first-order valence-corrected chi connectivity index (χ1v) is 10.6. The smallest absolute Gasteiger partial charge is 0.249 e. The number of rotatable bonds is 14. The quantitative estimate of drug-likeness (QED) is 0.271. The topological polar surface area (TPSA) is 157 Å². The van der Waals surface area contributed by atoms with Crippen LogP contribution in [0.3, 0.4) is 0 Å². The molecule has 0 saturated carbocycles. The number of aliphatic hydroxyl groups is 1. The van der Waals surface area contributed by atoms with Crippen LogP contribution < -0.4 is 22.1 Å². The predicted octanol–water partition coefficient (Wildman–Crippen LogP) is -0.155. The number of benzene rings is 1. The molecule has 0 heterocycles. The molecule has 0 unspecified atom stereocenters. The summed E-state index contributed by atoms with van der Waals surface area (Å²) >= 11 is 0. The van der Waals surface area contributed by atoms with Gasteiger partial charge in [-0.2, -0.15) is 0 Å². The number of nitrogens with two attached hydrogens (primary N) is 2. The van der Waals surface area contributed by atoms with E-state index < -0.39 is 36.1 Å². The highest BCUT2D eigenvalue weighted by Gasteiger charge is 2.32. The highest BCUT2D eigenvalue weighted by atomic mass is 16.5. The van der Waals surface area contributed by atoms with E-state index in [2.05, 4.69) is 10.6 Å². The molecule has 1 rings (SSSR count). The van der Waals surface area contributed by atoms with Crippen LogP contribution >= 0.6 is 0 Å². The van der Waals surface area contributed by atoms with Gasteiger partial charge >= 0.3 is 0 Å². The van der Waals surface area contributed by atoms with Gasteiger partial charge in [-0.15, -0.1) is 0 Å². The van der Waals surface area contributed by atoms with Gasteiger partial charge in [-0.25, -0.2) is 0 Å². The number of hydrogen-bond donors (Lipinski definition) is 5. The Morgan fingerprint density at radius 2 is 1.58 bits per heavy atom. The normalized spacial score (nSPS) is 15.1. The number of hydrogen-bond acceptors (Lipinski definition) is 7. The van der Waals surface area contributed by atoms with Crippen LogP contribution in [0.15, 0.2) is 30.3 Å². The van der Waals surface area contributed by atoms with Crippen molar-refractivity contribution >= 4 is 17.6 Å². The molecule has 0 fully saturated rings. The summed E-state index contributed by atoms with van der Waals surface area (Å²) in [5, 5.41) is 15.2. The SMILES string of the molecule is CC(C)C(=O)[C@H](CCN)NC(=O)[C@@H](NC(=O)[C@H](CCN)OCc1ccccc1)[C@H](C)O. The minimum absolute atomic E-state index is 0.165. The Morgan fingerprint density at radius 1 is 0.968 bits per heavy atom. The Hall–Kier alpha value is -2.33.